The molecule has 2 N–H and O–H groups in total. The highest BCUT2D eigenvalue weighted by Crippen LogP contribution is 2.25. The van der Waals surface area contributed by atoms with Crippen LogP contribution in [0.3, 0.4) is 0 Å². The zero-order valence-electron chi connectivity index (χ0n) is 15.0. The number of rotatable bonds is 4. The standard InChI is InChI=1S/C20H28N4/c1-20(2,3)24-18-14-17(21-16-12-8-5-9-13-16)22-19(23-18)15-10-6-4-7-11-15/h4,6-7,10-11,14,16H,5,8-9,12-13H2,1-3H3,(H2,21,22,23,24). The summed E-state index contributed by atoms with van der Waals surface area (Å²) >= 11 is 0. The Labute approximate surface area is 145 Å². The molecule has 0 saturated heterocycles. The van der Waals surface area contributed by atoms with Crippen LogP contribution in [0.15, 0.2) is 36.4 Å². The van der Waals surface area contributed by atoms with Gasteiger partial charge in [0.1, 0.15) is 11.6 Å². The molecule has 4 heteroatoms. The number of hydrogen-bond acceptors (Lipinski definition) is 4. The molecule has 1 aromatic heterocycles. The minimum absolute atomic E-state index is 0.0373. The second kappa shape index (κ2) is 7.20. The van der Waals surface area contributed by atoms with E-state index in [-0.39, 0.29) is 5.54 Å². The molecule has 0 amide bonds. The van der Waals surface area contributed by atoms with Gasteiger partial charge in [-0.15, -0.1) is 0 Å². The highest BCUT2D eigenvalue weighted by molar-refractivity contribution is 5.61. The van der Waals surface area contributed by atoms with Crippen molar-refractivity contribution in [3.8, 4) is 11.4 Å². The van der Waals surface area contributed by atoms with Crippen LogP contribution >= 0.6 is 0 Å². The molecule has 0 bridgehead atoms. The minimum atomic E-state index is -0.0373. The van der Waals surface area contributed by atoms with Crippen LogP contribution in [0.4, 0.5) is 11.6 Å². The van der Waals surface area contributed by atoms with E-state index in [0.717, 1.165) is 23.0 Å². The van der Waals surface area contributed by atoms with E-state index in [0.29, 0.717) is 6.04 Å². The molecule has 24 heavy (non-hydrogen) atoms. The van der Waals surface area contributed by atoms with Crippen LogP contribution in [0.2, 0.25) is 0 Å². The van der Waals surface area contributed by atoms with Gasteiger partial charge in [0.05, 0.1) is 0 Å². The fourth-order valence-electron chi connectivity index (χ4n) is 3.14. The van der Waals surface area contributed by atoms with Crippen molar-refractivity contribution >= 4 is 11.6 Å². The van der Waals surface area contributed by atoms with Crippen molar-refractivity contribution in [2.75, 3.05) is 10.6 Å². The fraction of sp³-hybridized carbons (Fsp3) is 0.500. The zero-order chi connectivity index (χ0) is 17.0. The average Bonchev–Trinajstić information content (AvgIpc) is 2.55. The highest BCUT2D eigenvalue weighted by atomic mass is 15.1. The van der Waals surface area contributed by atoms with Crippen molar-refractivity contribution in [3.63, 3.8) is 0 Å². The summed E-state index contributed by atoms with van der Waals surface area (Å²) in [6.45, 7) is 6.43. The van der Waals surface area contributed by atoms with Gasteiger partial charge in [-0.05, 0) is 33.6 Å². The van der Waals surface area contributed by atoms with Crippen molar-refractivity contribution < 1.29 is 0 Å². The summed E-state index contributed by atoms with van der Waals surface area (Å²) in [7, 11) is 0. The van der Waals surface area contributed by atoms with E-state index in [4.69, 9.17) is 9.97 Å². The van der Waals surface area contributed by atoms with E-state index < -0.39 is 0 Å². The van der Waals surface area contributed by atoms with Crippen molar-refractivity contribution in [2.45, 2.75) is 64.5 Å². The largest absolute Gasteiger partial charge is 0.367 e. The number of benzene rings is 1. The topological polar surface area (TPSA) is 49.8 Å². The summed E-state index contributed by atoms with van der Waals surface area (Å²) < 4.78 is 0. The number of hydrogen-bond donors (Lipinski definition) is 2. The maximum Gasteiger partial charge on any atom is 0.163 e. The second-order valence-corrected chi connectivity index (χ2v) is 7.68. The number of nitrogens with one attached hydrogen (secondary N) is 2. The lowest BCUT2D eigenvalue weighted by Gasteiger charge is -2.25. The summed E-state index contributed by atoms with van der Waals surface area (Å²) in [6.07, 6.45) is 6.43. The molecular weight excluding hydrogens is 296 g/mol. The maximum atomic E-state index is 4.77. The molecule has 1 aliphatic carbocycles. The molecule has 0 spiro atoms. The lowest BCUT2D eigenvalue weighted by atomic mass is 9.95. The van der Waals surface area contributed by atoms with Crippen LogP contribution in [0.25, 0.3) is 11.4 Å². The smallest absolute Gasteiger partial charge is 0.163 e. The first kappa shape index (κ1) is 16.7. The van der Waals surface area contributed by atoms with E-state index >= 15 is 0 Å². The van der Waals surface area contributed by atoms with Crippen LogP contribution in [-0.4, -0.2) is 21.5 Å². The Hall–Kier alpha value is -2.10. The van der Waals surface area contributed by atoms with Gasteiger partial charge in [0.25, 0.3) is 0 Å². The van der Waals surface area contributed by atoms with Crippen molar-refractivity contribution in [3.05, 3.63) is 36.4 Å². The minimum Gasteiger partial charge on any atom is -0.367 e. The zero-order valence-corrected chi connectivity index (χ0v) is 15.0. The van der Waals surface area contributed by atoms with Crippen LogP contribution in [-0.2, 0) is 0 Å². The number of anilines is 2. The Bertz CT molecular complexity index is 655. The van der Waals surface area contributed by atoms with Crippen molar-refractivity contribution in [1.29, 1.82) is 0 Å². The van der Waals surface area contributed by atoms with Gasteiger partial charge in [-0.1, -0.05) is 49.6 Å². The lowest BCUT2D eigenvalue weighted by Crippen LogP contribution is -2.27. The molecule has 2 aromatic rings. The van der Waals surface area contributed by atoms with Gasteiger partial charge in [-0.25, -0.2) is 9.97 Å². The van der Waals surface area contributed by atoms with E-state index in [2.05, 4.69) is 43.5 Å². The summed E-state index contributed by atoms with van der Waals surface area (Å²) in [5.41, 5.74) is 1.01. The highest BCUT2D eigenvalue weighted by Gasteiger charge is 2.17. The van der Waals surface area contributed by atoms with E-state index in [1.54, 1.807) is 0 Å². The van der Waals surface area contributed by atoms with Crippen molar-refractivity contribution in [2.24, 2.45) is 0 Å². The van der Waals surface area contributed by atoms with Crippen LogP contribution in [0, 0.1) is 0 Å². The molecule has 0 aliphatic heterocycles. The van der Waals surface area contributed by atoms with Gasteiger partial charge in [0, 0.05) is 23.2 Å². The third-order valence-electron chi connectivity index (χ3n) is 4.22. The number of nitrogens with zero attached hydrogens (tertiary/aromatic N) is 2. The lowest BCUT2D eigenvalue weighted by molar-refractivity contribution is 0.462. The first-order valence-corrected chi connectivity index (χ1v) is 8.99. The summed E-state index contributed by atoms with van der Waals surface area (Å²) in [5, 5.41) is 7.10. The molecule has 4 nitrogen and oxygen atoms in total. The summed E-state index contributed by atoms with van der Waals surface area (Å²) in [4.78, 5) is 9.49. The molecule has 1 saturated carbocycles. The number of aromatic nitrogens is 2. The van der Waals surface area contributed by atoms with Crippen LogP contribution in [0.1, 0.15) is 52.9 Å². The Balaban J connectivity index is 1.90. The van der Waals surface area contributed by atoms with Gasteiger partial charge in [-0.3, -0.25) is 0 Å². The van der Waals surface area contributed by atoms with Crippen molar-refractivity contribution in [1.82, 2.24) is 9.97 Å². The van der Waals surface area contributed by atoms with Gasteiger partial charge >= 0.3 is 0 Å². The van der Waals surface area contributed by atoms with E-state index in [1.807, 2.05) is 24.3 Å². The monoisotopic (exact) mass is 324 g/mol. The van der Waals surface area contributed by atoms with E-state index in [1.165, 1.54) is 32.1 Å². The van der Waals surface area contributed by atoms with E-state index in [9.17, 15) is 0 Å². The molecule has 0 atom stereocenters. The molecule has 1 aliphatic rings. The average molecular weight is 324 g/mol. The molecule has 1 fully saturated rings. The van der Waals surface area contributed by atoms with Gasteiger partial charge < -0.3 is 10.6 Å². The SMILES string of the molecule is CC(C)(C)Nc1cc(NC2CCCCC2)nc(-c2ccccc2)n1. The van der Waals surface area contributed by atoms with Gasteiger partial charge in [-0.2, -0.15) is 0 Å². The Morgan fingerprint density at radius 3 is 2.25 bits per heavy atom. The van der Waals surface area contributed by atoms with Crippen LogP contribution in [0.5, 0.6) is 0 Å². The van der Waals surface area contributed by atoms with Gasteiger partial charge in [0.15, 0.2) is 5.82 Å². The molecule has 1 heterocycles. The quantitative estimate of drug-likeness (QED) is 0.821. The summed E-state index contributed by atoms with van der Waals surface area (Å²) in [5.74, 6) is 2.56. The predicted octanol–water partition coefficient (Wildman–Crippen LogP) is 5.10. The Morgan fingerprint density at radius 1 is 0.917 bits per heavy atom. The Kier molecular flexibility index (Phi) is 5.03. The predicted molar refractivity (Wildman–Crippen MR) is 101 cm³/mol. The fourth-order valence-corrected chi connectivity index (χ4v) is 3.14. The maximum absolute atomic E-state index is 4.77. The molecule has 0 unspecified atom stereocenters. The second-order valence-electron chi connectivity index (χ2n) is 7.68. The Morgan fingerprint density at radius 2 is 1.58 bits per heavy atom. The molecule has 0 radical (unpaired) electrons. The molecule has 128 valence electrons. The summed E-state index contributed by atoms with van der Waals surface area (Å²) in [6, 6.07) is 12.7. The molecule has 3 rings (SSSR count). The van der Waals surface area contributed by atoms with Crippen LogP contribution < -0.4 is 10.6 Å². The first-order valence-electron chi connectivity index (χ1n) is 8.99. The molecular formula is C20H28N4. The normalized spacial score (nSPS) is 16.0. The third-order valence-corrected chi connectivity index (χ3v) is 4.22. The first-order chi connectivity index (χ1) is 11.5. The molecule has 1 aromatic carbocycles. The van der Waals surface area contributed by atoms with Gasteiger partial charge in [0.2, 0.25) is 0 Å². The third kappa shape index (κ3) is 4.70.